The second-order valence-electron chi connectivity index (χ2n) is 22.2. The van der Waals surface area contributed by atoms with Crippen LogP contribution in [0.25, 0.3) is 0 Å². The fourth-order valence-electron chi connectivity index (χ4n) is 11.9. The van der Waals surface area contributed by atoms with Gasteiger partial charge in [0, 0.05) is 58.5 Å². The van der Waals surface area contributed by atoms with Gasteiger partial charge in [0.15, 0.2) is 5.78 Å². The summed E-state index contributed by atoms with van der Waals surface area (Å²) in [5.41, 5.74) is 1.53. The highest BCUT2D eigenvalue weighted by Crippen LogP contribution is 2.41. The predicted octanol–water partition coefficient (Wildman–Crippen LogP) is 8.12. The van der Waals surface area contributed by atoms with Gasteiger partial charge >= 0.3 is 5.97 Å². The first kappa shape index (κ1) is 60.7. The van der Waals surface area contributed by atoms with E-state index in [2.05, 4.69) is 0 Å². The summed E-state index contributed by atoms with van der Waals surface area (Å²) in [4.78, 5) is 79.9. The van der Waals surface area contributed by atoms with E-state index in [0.29, 0.717) is 79.1 Å². The molecule has 418 valence electrons. The number of ketones is 3. The van der Waals surface area contributed by atoms with Crippen LogP contribution in [0.4, 0.5) is 5.69 Å². The lowest BCUT2D eigenvalue weighted by Crippen LogP contribution is -2.61. The number of nitrogens with zero attached hydrogens (tertiary/aromatic N) is 2. The molecule has 0 unspecified atom stereocenters. The monoisotopic (exact) mass is 1090 g/mol. The van der Waals surface area contributed by atoms with E-state index in [9.17, 15) is 39.3 Å². The molecule has 17 atom stereocenters. The molecule has 7 rings (SSSR count). The van der Waals surface area contributed by atoms with Gasteiger partial charge < -0.3 is 43.9 Å². The number of amides is 1. The van der Waals surface area contributed by atoms with Crippen LogP contribution in [0.3, 0.4) is 0 Å². The molecular formula is C57H82Cl2N2O14. The van der Waals surface area contributed by atoms with Gasteiger partial charge in [0.25, 0.3) is 11.7 Å². The number of carbonyl (C=O) groups excluding carboxylic acids is 5. The first-order chi connectivity index (χ1) is 35.5. The Balaban J connectivity index is 1.37. The van der Waals surface area contributed by atoms with E-state index in [4.69, 9.17) is 51.7 Å². The van der Waals surface area contributed by atoms with E-state index in [-0.39, 0.29) is 61.2 Å². The van der Waals surface area contributed by atoms with Gasteiger partial charge in [0.05, 0.1) is 40.5 Å². The molecular weight excluding hydrogens is 1010 g/mol. The zero-order valence-corrected chi connectivity index (χ0v) is 47.0. The fraction of sp³-hybridized carbons (Fsp3) is 0.702. The van der Waals surface area contributed by atoms with Crippen molar-refractivity contribution < 1.29 is 67.8 Å². The van der Waals surface area contributed by atoms with Gasteiger partial charge in [-0.25, -0.2) is 9.86 Å². The summed E-state index contributed by atoms with van der Waals surface area (Å²) in [6, 6.07) is 3.51. The molecule has 16 nitrogen and oxygen atoms in total. The number of methoxy groups -OCH3 is 3. The minimum Gasteiger partial charge on any atom is -0.460 e. The number of carbonyl (C=O) groups is 5. The van der Waals surface area contributed by atoms with Gasteiger partial charge in [-0.05, 0) is 125 Å². The Kier molecular flexibility index (Phi) is 21.7. The standard InChI is InChI=1S/C57H82Cl2N2O14/c1-31-24-35(5)51(64)53(72-10)52(65)36(6)25-32(2)46(63)30-48(33(3)26-38-18-22-45(62)49(28-38)71-9)73-56(68)44-16-11-12-23-60(44)55(67)54(66)57(69)37(7)17-19-39(74-57)29-47(70-8)34(4)27-40-20-21-43(31)61(75-40)50-41(58)14-13-15-42(50)59/h13-15,20-21,25,27,31-33,35,37-40,43-45,47-49,52-53,62,65,69H,11-12,16-19,22-24,26,28-30H2,1-10H3/b34-27?,36-25+/t31-,32+,33+,35+,37+,38-,39-,40+,43-,44-,45+,47-,48-,49+,52+,53-,57+/m0/s1. The van der Waals surface area contributed by atoms with Crippen LogP contribution in [0, 0.1) is 35.5 Å². The molecule has 1 aromatic rings. The molecule has 3 fully saturated rings. The average Bonchev–Trinajstić information content (AvgIpc) is 3.38. The first-order valence-electron chi connectivity index (χ1n) is 26.9. The molecule has 3 N–H and O–H groups in total. The molecule has 5 aliphatic heterocycles. The van der Waals surface area contributed by atoms with Crippen LogP contribution < -0.4 is 5.06 Å². The molecule has 0 radical (unpaired) electrons. The van der Waals surface area contributed by atoms with Gasteiger partial charge in [0.2, 0.25) is 5.79 Å². The molecule has 0 aromatic heterocycles. The van der Waals surface area contributed by atoms with Crippen LogP contribution in [0.1, 0.15) is 126 Å². The molecule has 1 aromatic carbocycles. The first-order valence-corrected chi connectivity index (χ1v) is 27.7. The lowest BCUT2D eigenvalue weighted by molar-refractivity contribution is -0.265. The minimum atomic E-state index is -2.50. The van der Waals surface area contributed by atoms with Crippen molar-refractivity contribution in [2.24, 2.45) is 35.5 Å². The smallest absolute Gasteiger partial charge is 0.329 e. The summed E-state index contributed by atoms with van der Waals surface area (Å²) in [5, 5.41) is 36.8. The second kappa shape index (κ2) is 26.9. The summed E-state index contributed by atoms with van der Waals surface area (Å²) < 4.78 is 29.8. The van der Waals surface area contributed by atoms with Crippen LogP contribution >= 0.6 is 23.2 Å². The summed E-state index contributed by atoms with van der Waals surface area (Å²) in [7, 11) is 4.47. The largest absolute Gasteiger partial charge is 0.460 e. The minimum absolute atomic E-state index is 0.0561. The third kappa shape index (κ3) is 14.4. The lowest BCUT2D eigenvalue weighted by Gasteiger charge is -2.43. The third-order valence-electron chi connectivity index (χ3n) is 16.6. The van der Waals surface area contributed by atoms with Crippen LogP contribution in [0.2, 0.25) is 10.0 Å². The SMILES string of the molecule is CO[C@H]1C[C@@H]2CC[C@@H](C)[C@@](O)(O2)C(=O)C(=O)N2CCCC[C@H]2C(=O)O[C@H]([C@H](C)C[C@@H]2CC[C@@H](O)[C@H](OC)C2)CC(=O)[C@H](C)/C=C(\C)[C@@H](O)[C@@H](OC)C(=O)[C@H](C)C[C@H](C)[C@@H]2C=C[C@H](C=C1C)ON2c1c(Cl)cccc1Cl. The van der Waals surface area contributed by atoms with Crippen molar-refractivity contribution in [1.82, 2.24) is 4.90 Å². The van der Waals surface area contributed by atoms with Gasteiger partial charge in [-0.15, -0.1) is 0 Å². The molecule has 5 heterocycles. The normalized spacial score (nSPS) is 37.9. The maximum Gasteiger partial charge on any atom is 0.329 e. The number of piperidine rings is 1. The predicted molar refractivity (Wildman–Crippen MR) is 284 cm³/mol. The number of benzene rings is 1. The van der Waals surface area contributed by atoms with Crippen LogP contribution in [-0.2, 0) is 52.5 Å². The Labute approximate surface area is 453 Å². The number of hydrogen-bond donors (Lipinski definition) is 3. The Hall–Kier alpha value is -3.55. The van der Waals surface area contributed by atoms with Crippen molar-refractivity contribution in [3.8, 4) is 0 Å². The second-order valence-corrected chi connectivity index (χ2v) is 23.0. The number of esters is 1. The van der Waals surface area contributed by atoms with E-state index in [1.54, 1.807) is 71.3 Å². The number of para-hydroxylation sites is 1. The molecule has 4 bridgehead atoms. The maximum atomic E-state index is 14.5. The van der Waals surface area contributed by atoms with Gasteiger partial charge in [-0.2, -0.15) is 0 Å². The molecule has 18 heteroatoms. The van der Waals surface area contributed by atoms with E-state index in [1.807, 2.05) is 39.0 Å². The number of allylic oxidation sites excluding steroid dienone is 1. The Morgan fingerprint density at radius 1 is 0.840 bits per heavy atom. The quantitative estimate of drug-likeness (QED) is 0.134. The highest BCUT2D eigenvalue weighted by Gasteiger charge is 2.53. The number of Topliss-reactive ketones (excluding diaryl/α,β-unsaturated/α-hetero) is 3. The van der Waals surface area contributed by atoms with Crippen molar-refractivity contribution in [3.63, 3.8) is 0 Å². The Bertz CT molecular complexity index is 2250. The number of rotatable bonds is 7. The Morgan fingerprint density at radius 3 is 2.21 bits per heavy atom. The molecule has 2 saturated heterocycles. The summed E-state index contributed by atoms with van der Waals surface area (Å²) in [6.07, 6.45) is 5.60. The number of hydroxylamine groups is 1. The number of aliphatic hydroxyl groups is 3. The lowest BCUT2D eigenvalue weighted by atomic mass is 9.78. The molecule has 75 heavy (non-hydrogen) atoms. The Morgan fingerprint density at radius 2 is 1.55 bits per heavy atom. The zero-order valence-electron chi connectivity index (χ0n) is 45.5. The highest BCUT2D eigenvalue weighted by atomic mass is 35.5. The number of hydrogen-bond acceptors (Lipinski definition) is 15. The fourth-order valence-corrected chi connectivity index (χ4v) is 12.4. The molecule has 1 saturated carbocycles. The maximum absolute atomic E-state index is 14.5. The molecule has 0 spiro atoms. The zero-order chi connectivity index (χ0) is 55.1. The van der Waals surface area contributed by atoms with Crippen molar-refractivity contribution in [1.29, 1.82) is 0 Å². The van der Waals surface area contributed by atoms with Crippen molar-refractivity contribution in [3.05, 3.63) is 63.7 Å². The number of halogens is 2. The average molecular weight is 1090 g/mol. The molecule has 1 amide bonds. The third-order valence-corrected chi connectivity index (χ3v) is 17.2. The summed E-state index contributed by atoms with van der Waals surface area (Å²) >= 11 is 13.6. The van der Waals surface area contributed by atoms with Gasteiger partial charge in [0.1, 0.15) is 41.9 Å². The van der Waals surface area contributed by atoms with Crippen molar-refractivity contribution in [2.75, 3.05) is 32.9 Å². The van der Waals surface area contributed by atoms with E-state index >= 15 is 0 Å². The van der Waals surface area contributed by atoms with E-state index in [0.717, 1.165) is 5.57 Å². The van der Waals surface area contributed by atoms with Gasteiger partial charge in [-0.3, -0.25) is 24.0 Å². The van der Waals surface area contributed by atoms with Gasteiger partial charge in [-0.1, -0.05) is 82.1 Å². The van der Waals surface area contributed by atoms with Crippen LogP contribution in [-0.4, -0.2) is 144 Å². The highest BCUT2D eigenvalue weighted by molar-refractivity contribution is 6.39. The topological polar surface area (TPSA) is 208 Å². The van der Waals surface area contributed by atoms with E-state index < -0.39 is 96.0 Å². The number of aliphatic hydroxyl groups excluding tert-OH is 2. The van der Waals surface area contributed by atoms with E-state index in [1.165, 1.54) is 12.0 Å². The van der Waals surface area contributed by atoms with Crippen molar-refractivity contribution in [2.45, 2.75) is 192 Å². The van der Waals surface area contributed by atoms with Crippen LogP contribution in [0.5, 0.6) is 0 Å². The summed E-state index contributed by atoms with van der Waals surface area (Å²) in [6.45, 7) is 12.6. The van der Waals surface area contributed by atoms with Crippen LogP contribution in [0.15, 0.2) is 53.6 Å². The van der Waals surface area contributed by atoms with Crippen molar-refractivity contribution >= 4 is 58.1 Å². The number of fused-ring (bicyclic) bond motifs is 16. The summed E-state index contributed by atoms with van der Waals surface area (Å²) in [5.74, 6) is -8.85. The molecule has 6 aliphatic rings. The molecule has 1 aliphatic carbocycles. The number of ether oxygens (including phenoxy) is 5. The number of anilines is 1.